The van der Waals surface area contributed by atoms with E-state index < -0.39 is 0 Å². The standard InChI is InChI=1S/C17H29N5/c1-12(2)16-9-10-21(19-16)15(6)8-7-14(5)17-11-22(13(3)4)20-18-17/h9-15H,7-8H2,1-6H3. The van der Waals surface area contributed by atoms with Crippen LogP contribution in [0.4, 0.5) is 0 Å². The second kappa shape index (κ2) is 7.07. The van der Waals surface area contributed by atoms with E-state index in [1.54, 1.807) is 0 Å². The normalized spacial score (nSPS) is 14.7. The Balaban J connectivity index is 1.90. The van der Waals surface area contributed by atoms with Gasteiger partial charge < -0.3 is 0 Å². The van der Waals surface area contributed by atoms with Gasteiger partial charge in [0.15, 0.2) is 0 Å². The molecule has 0 saturated heterocycles. The molecule has 0 bridgehead atoms. The molecule has 0 N–H and O–H groups in total. The third-order valence-electron chi connectivity index (χ3n) is 4.25. The van der Waals surface area contributed by atoms with E-state index in [4.69, 9.17) is 0 Å². The van der Waals surface area contributed by atoms with Gasteiger partial charge in [0, 0.05) is 30.4 Å². The molecule has 0 aliphatic rings. The number of rotatable bonds is 7. The lowest BCUT2D eigenvalue weighted by Gasteiger charge is -2.15. The Bertz CT molecular complexity index is 529. The van der Waals surface area contributed by atoms with Crippen LogP contribution in [0.15, 0.2) is 18.5 Å². The summed E-state index contributed by atoms with van der Waals surface area (Å²) >= 11 is 0. The maximum absolute atomic E-state index is 4.67. The largest absolute Gasteiger partial charge is 0.270 e. The molecule has 0 aromatic carbocycles. The summed E-state index contributed by atoms with van der Waals surface area (Å²) in [4.78, 5) is 0. The molecule has 0 spiro atoms. The van der Waals surface area contributed by atoms with Crippen molar-refractivity contribution in [3.8, 4) is 0 Å². The van der Waals surface area contributed by atoms with Crippen molar-refractivity contribution >= 4 is 0 Å². The van der Waals surface area contributed by atoms with Crippen LogP contribution in [0.1, 0.15) is 89.7 Å². The highest BCUT2D eigenvalue weighted by molar-refractivity contribution is 5.04. The maximum Gasteiger partial charge on any atom is 0.0855 e. The van der Waals surface area contributed by atoms with Crippen LogP contribution >= 0.6 is 0 Å². The van der Waals surface area contributed by atoms with Gasteiger partial charge in [0.25, 0.3) is 0 Å². The lowest BCUT2D eigenvalue weighted by atomic mass is 10.00. The average Bonchev–Trinajstić information content (AvgIpc) is 3.12. The first kappa shape index (κ1) is 16.7. The van der Waals surface area contributed by atoms with Gasteiger partial charge in [0.2, 0.25) is 0 Å². The van der Waals surface area contributed by atoms with E-state index in [0.717, 1.165) is 18.5 Å². The predicted octanol–water partition coefficient (Wildman–Crippen LogP) is 4.32. The number of hydrogen-bond donors (Lipinski definition) is 0. The van der Waals surface area contributed by atoms with Crippen molar-refractivity contribution in [2.45, 2.75) is 78.3 Å². The molecule has 5 nitrogen and oxygen atoms in total. The molecular formula is C17H29N5. The zero-order valence-electron chi connectivity index (χ0n) is 14.7. The van der Waals surface area contributed by atoms with Crippen LogP contribution in [-0.4, -0.2) is 24.8 Å². The number of nitrogens with zero attached hydrogens (tertiary/aromatic N) is 5. The topological polar surface area (TPSA) is 48.5 Å². The average molecular weight is 303 g/mol. The maximum atomic E-state index is 4.67. The Hall–Kier alpha value is -1.65. The van der Waals surface area contributed by atoms with Crippen molar-refractivity contribution in [3.63, 3.8) is 0 Å². The van der Waals surface area contributed by atoms with E-state index in [0.29, 0.717) is 23.9 Å². The van der Waals surface area contributed by atoms with Crippen LogP contribution in [0.3, 0.4) is 0 Å². The molecule has 2 rings (SSSR count). The lowest BCUT2D eigenvalue weighted by molar-refractivity contribution is 0.424. The molecule has 0 fully saturated rings. The van der Waals surface area contributed by atoms with Crippen molar-refractivity contribution in [1.29, 1.82) is 0 Å². The molecule has 122 valence electrons. The van der Waals surface area contributed by atoms with E-state index in [1.165, 1.54) is 5.69 Å². The highest BCUT2D eigenvalue weighted by Crippen LogP contribution is 2.24. The Labute approximate surface area is 133 Å². The first-order valence-corrected chi connectivity index (χ1v) is 8.35. The molecular weight excluding hydrogens is 274 g/mol. The molecule has 2 aromatic heterocycles. The van der Waals surface area contributed by atoms with Gasteiger partial charge >= 0.3 is 0 Å². The van der Waals surface area contributed by atoms with Gasteiger partial charge in [0.1, 0.15) is 0 Å². The summed E-state index contributed by atoms with van der Waals surface area (Å²) in [6.07, 6.45) is 6.36. The van der Waals surface area contributed by atoms with Gasteiger partial charge in [-0.15, -0.1) is 5.10 Å². The van der Waals surface area contributed by atoms with Crippen LogP contribution in [0.25, 0.3) is 0 Å². The minimum absolute atomic E-state index is 0.367. The third-order valence-corrected chi connectivity index (χ3v) is 4.25. The molecule has 2 aromatic rings. The van der Waals surface area contributed by atoms with Crippen molar-refractivity contribution in [2.24, 2.45) is 0 Å². The summed E-state index contributed by atoms with van der Waals surface area (Å²) in [7, 11) is 0. The summed E-state index contributed by atoms with van der Waals surface area (Å²) in [5, 5.41) is 13.2. The molecule has 5 heteroatoms. The number of hydrogen-bond acceptors (Lipinski definition) is 3. The van der Waals surface area contributed by atoms with Gasteiger partial charge in [-0.2, -0.15) is 5.10 Å². The first-order valence-electron chi connectivity index (χ1n) is 8.35. The van der Waals surface area contributed by atoms with Crippen LogP contribution in [-0.2, 0) is 0 Å². The van der Waals surface area contributed by atoms with Crippen LogP contribution < -0.4 is 0 Å². The fourth-order valence-electron chi connectivity index (χ4n) is 2.45. The zero-order valence-corrected chi connectivity index (χ0v) is 14.7. The zero-order chi connectivity index (χ0) is 16.3. The quantitative estimate of drug-likeness (QED) is 0.765. The molecule has 22 heavy (non-hydrogen) atoms. The Morgan fingerprint density at radius 2 is 1.68 bits per heavy atom. The van der Waals surface area contributed by atoms with Crippen LogP contribution in [0, 0.1) is 0 Å². The highest BCUT2D eigenvalue weighted by atomic mass is 15.4. The summed E-state index contributed by atoms with van der Waals surface area (Å²) < 4.78 is 4.02. The van der Waals surface area contributed by atoms with Crippen LogP contribution in [0.5, 0.6) is 0 Å². The molecule has 2 heterocycles. The van der Waals surface area contributed by atoms with Gasteiger partial charge in [-0.05, 0) is 45.6 Å². The van der Waals surface area contributed by atoms with Gasteiger partial charge in [-0.1, -0.05) is 26.0 Å². The summed E-state index contributed by atoms with van der Waals surface area (Å²) in [5.41, 5.74) is 2.25. The Morgan fingerprint density at radius 1 is 0.955 bits per heavy atom. The molecule has 0 aliphatic heterocycles. The van der Waals surface area contributed by atoms with Gasteiger partial charge in [-0.25, -0.2) is 4.68 Å². The Kier molecular flexibility index (Phi) is 5.37. The molecule has 0 saturated carbocycles. The fourth-order valence-corrected chi connectivity index (χ4v) is 2.45. The number of aromatic nitrogens is 5. The molecule has 0 aliphatic carbocycles. The van der Waals surface area contributed by atoms with Crippen molar-refractivity contribution in [3.05, 3.63) is 29.8 Å². The summed E-state index contributed by atoms with van der Waals surface area (Å²) in [6, 6.07) is 2.90. The van der Waals surface area contributed by atoms with E-state index in [1.807, 2.05) is 4.68 Å². The van der Waals surface area contributed by atoms with Crippen molar-refractivity contribution in [2.75, 3.05) is 0 Å². The van der Waals surface area contributed by atoms with Crippen molar-refractivity contribution < 1.29 is 0 Å². The molecule has 2 atom stereocenters. The molecule has 0 radical (unpaired) electrons. The molecule has 2 unspecified atom stereocenters. The SMILES string of the molecule is CC(C)c1ccn(C(C)CCC(C)c2cn(C(C)C)nn2)n1. The van der Waals surface area contributed by atoms with Crippen molar-refractivity contribution in [1.82, 2.24) is 24.8 Å². The minimum atomic E-state index is 0.367. The smallest absolute Gasteiger partial charge is 0.0855 e. The monoisotopic (exact) mass is 303 g/mol. The predicted molar refractivity (Wildman–Crippen MR) is 89.1 cm³/mol. The van der Waals surface area contributed by atoms with E-state index in [9.17, 15) is 0 Å². The van der Waals surface area contributed by atoms with Crippen LogP contribution in [0.2, 0.25) is 0 Å². The summed E-state index contributed by atoms with van der Waals surface area (Å²) in [6.45, 7) is 13.1. The summed E-state index contributed by atoms with van der Waals surface area (Å²) in [5.74, 6) is 0.911. The fraction of sp³-hybridized carbons (Fsp3) is 0.706. The van der Waals surface area contributed by atoms with E-state index in [2.05, 4.69) is 80.1 Å². The lowest BCUT2D eigenvalue weighted by Crippen LogP contribution is -2.08. The third kappa shape index (κ3) is 3.96. The second-order valence-corrected chi connectivity index (χ2v) is 6.92. The van der Waals surface area contributed by atoms with Gasteiger partial charge in [-0.3, -0.25) is 4.68 Å². The second-order valence-electron chi connectivity index (χ2n) is 6.92. The highest BCUT2D eigenvalue weighted by Gasteiger charge is 2.15. The van der Waals surface area contributed by atoms with E-state index in [-0.39, 0.29) is 0 Å². The van der Waals surface area contributed by atoms with Gasteiger partial charge in [0.05, 0.1) is 11.4 Å². The molecule has 0 amide bonds. The first-order chi connectivity index (χ1) is 10.4. The minimum Gasteiger partial charge on any atom is -0.270 e. The Morgan fingerprint density at radius 3 is 2.23 bits per heavy atom. The van der Waals surface area contributed by atoms with E-state index >= 15 is 0 Å².